The topological polar surface area (TPSA) is 79.8 Å². The summed E-state index contributed by atoms with van der Waals surface area (Å²) in [5, 5.41) is 6.87. The number of H-pyrrole nitrogens is 1. The van der Waals surface area contributed by atoms with Gasteiger partial charge in [0.2, 0.25) is 0 Å². The summed E-state index contributed by atoms with van der Waals surface area (Å²) in [6.07, 6.45) is 4.39. The molecule has 7 nitrogen and oxygen atoms in total. The molecule has 0 saturated carbocycles. The molecule has 1 N–H and O–H groups in total. The number of nitrogens with zero attached hydrogens (tertiary/aromatic N) is 5. The molecule has 0 radical (unpaired) electrons. The third-order valence-electron chi connectivity index (χ3n) is 3.60. The second kappa shape index (κ2) is 5.54. The van der Waals surface area contributed by atoms with Gasteiger partial charge in [0.25, 0.3) is 0 Å². The first-order chi connectivity index (χ1) is 9.74. The lowest BCUT2D eigenvalue weighted by Gasteiger charge is -2.24. The number of likely N-dealkylation sites (N-methyl/N-ethyl adjacent to an activating group) is 1. The maximum atomic E-state index is 5.84. The van der Waals surface area contributed by atoms with Gasteiger partial charge in [0.1, 0.15) is 23.8 Å². The predicted octanol–water partition coefficient (Wildman–Crippen LogP) is 0.912. The first kappa shape index (κ1) is 13.0. The van der Waals surface area contributed by atoms with E-state index in [1.165, 1.54) is 0 Å². The van der Waals surface area contributed by atoms with Crippen molar-refractivity contribution in [2.75, 3.05) is 25.1 Å². The number of aromatic amines is 1. The van der Waals surface area contributed by atoms with Crippen LogP contribution in [0, 0.1) is 6.92 Å². The lowest BCUT2D eigenvalue weighted by atomic mass is 10.0. The molecule has 3 rings (SSSR count). The van der Waals surface area contributed by atoms with Crippen LogP contribution in [0.15, 0.2) is 18.6 Å². The molecule has 20 heavy (non-hydrogen) atoms. The van der Waals surface area contributed by atoms with Crippen molar-refractivity contribution in [2.45, 2.75) is 25.4 Å². The molecular weight excluding hydrogens is 256 g/mol. The zero-order valence-electron chi connectivity index (χ0n) is 11.7. The van der Waals surface area contributed by atoms with Gasteiger partial charge in [-0.2, -0.15) is 5.10 Å². The molecular formula is C13H18N6O. The first-order valence-corrected chi connectivity index (χ1v) is 6.71. The smallest absolute Gasteiger partial charge is 0.137 e. The predicted molar refractivity (Wildman–Crippen MR) is 73.5 cm³/mol. The minimum atomic E-state index is 0.100. The van der Waals surface area contributed by atoms with Crippen molar-refractivity contribution in [1.82, 2.24) is 25.1 Å². The van der Waals surface area contributed by atoms with E-state index in [9.17, 15) is 0 Å². The summed E-state index contributed by atoms with van der Waals surface area (Å²) in [4.78, 5) is 14.9. The lowest BCUT2D eigenvalue weighted by molar-refractivity contribution is 0.108. The molecule has 2 aromatic heterocycles. The van der Waals surface area contributed by atoms with Crippen molar-refractivity contribution >= 4 is 5.82 Å². The molecule has 0 unspecified atom stereocenters. The van der Waals surface area contributed by atoms with Gasteiger partial charge in [-0.05, 0) is 19.4 Å². The Morgan fingerprint density at radius 3 is 3.10 bits per heavy atom. The number of aryl methyl sites for hydroxylation is 1. The molecule has 0 bridgehead atoms. The molecule has 0 amide bonds. The summed E-state index contributed by atoms with van der Waals surface area (Å²) >= 11 is 0. The fourth-order valence-corrected chi connectivity index (χ4v) is 2.55. The minimum absolute atomic E-state index is 0.100. The Morgan fingerprint density at radius 1 is 1.45 bits per heavy atom. The number of nitrogens with one attached hydrogen (secondary N) is 1. The number of rotatable bonds is 4. The van der Waals surface area contributed by atoms with Crippen LogP contribution in [0.5, 0.6) is 0 Å². The summed E-state index contributed by atoms with van der Waals surface area (Å²) in [7, 11) is 2.01. The highest BCUT2D eigenvalue weighted by atomic mass is 16.5. The van der Waals surface area contributed by atoms with Crippen LogP contribution in [-0.4, -0.2) is 51.5 Å². The Morgan fingerprint density at radius 2 is 2.35 bits per heavy atom. The van der Waals surface area contributed by atoms with Crippen LogP contribution in [0.4, 0.5) is 5.82 Å². The van der Waals surface area contributed by atoms with Crippen molar-refractivity contribution in [3.8, 4) is 0 Å². The Bertz CT molecular complexity index is 558. The lowest BCUT2D eigenvalue weighted by Crippen LogP contribution is -2.32. The molecule has 2 atom stereocenters. The molecule has 7 heteroatoms. The number of hydrogen-bond donors (Lipinski definition) is 1. The molecule has 1 aliphatic heterocycles. The van der Waals surface area contributed by atoms with E-state index in [1.54, 1.807) is 12.5 Å². The number of aromatic nitrogens is 5. The standard InChI is InChI=1S/C13H18N6O/c1-9-14-5-3-12(17-9)19(2)7-11-10(4-6-20-11)13-15-8-16-18-13/h3,5,8,10-11H,4,6-7H2,1-2H3,(H,15,16,18)/t10-,11-/m1/s1. The van der Waals surface area contributed by atoms with E-state index in [-0.39, 0.29) is 12.0 Å². The van der Waals surface area contributed by atoms with E-state index in [1.807, 2.05) is 20.0 Å². The largest absolute Gasteiger partial charge is 0.376 e. The van der Waals surface area contributed by atoms with Crippen molar-refractivity contribution in [3.05, 3.63) is 30.2 Å². The maximum absolute atomic E-state index is 5.84. The highest BCUT2D eigenvalue weighted by Gasteiger charge is 2.32. The van der Waals surface area contributed by atoms with Gasteiger partial charge < -0.3 is 9.64 Å². The van der Waals surface area contributed by atoms with Crippen LogP contribution in [0.2, 0.25) is 0 Å². The van der Waals surface area contributed by atoms with Gasteiger partial charge in [0.05, 0.1) is 6.10 Å². The molecule has 106 valence electrons. The van der Waals surface area contributed by atoms with Crippen LogP contribution >= 0.6 is 0 Å². The van der Waals surface area contributed by atoms with Gasteiger partial charge in [0, 0.05) is 32.3 Å². The fraction of sp³-hybridized carbons (Fsp3) is 0.538. The quantitative estimate of drug-likeness (QED) is 0.892. The highest BCUT2D eigenvalue weighted by Crippen LogP contribution is 2.29. The van der Waals surface area contributed by atoms with E-state index >= 15 is 0 Å². The molecule has 3 heterocycles. The summed E-state index contributed by atoms with van der Waals surface area (Å²) in [5.74, 6) is 2.85. The Labute approximate surface area is 117 Å². The number of hydrogen-bond acceptors (Lipinski definition) is 6. The third kappa shape index (κ3) is 2.62. The van der Waals surface area contributed by atoms with E-state index in [0.717, 1.165) is 37.0 Å². The monoisotopic (exact) mass is 274 g/mol. The third-order valence-corrected chi connectivity index (χ3v) is 3.60. The molecule has 1 aliphatic rings. The van der Waals surface area contributed by atoms with Gasteiger partial charge in [0.15, 0.2) is 0 Å². The second-order valence-electron chi connectivity index (χ2n) is 5.02. The second-order valence-corrected chi connectivity index (χ2v) is 5.02. The molecule has 1 fully saturated rings. The minimum Gasteiger partial charge on any atom is -0.376 e. The van der Waals surface area contributed by atoms with Gasteiger partial charge in [-0.25, -0.2) is 15.0 Å². The molecule has 0 aromatic carbocycles. The van der Waals surface area contributed by atoms with Gasteiger partial charge in [-0.1, -0.05) is 0 Å². The van der Waals surface area contributed by atoms with Crippen LogP contribution in [0.1, 0.15) is 24.0 Å². The summed E-state index contributed by atoms with van der Waals surface area (Å²) in [5.41, 5.74) is 0. The normalized spacial score (nSPS) is 22.1. The zero-order chi connectivity index (χ0) is 13.9. The molecule has 0 aliphatic carbocycles. The van der Waals surface area contributed by atoms with Gasteiger partial charge in [-0.3, -0.25) is 5.10 Å². The molecule has 2 aromatic rings. The van der Waals surface area contributed by atoms with E-state index in [4.69, 9.17) is 4.74 Å². The van der Waals surface area contributed by atoms with Crippen LogP contribution in [0.3, 0.4) is 0 Å². The summed E-state index contributed by atoms with van der Waals surface area (Å²) < 4.78 is 5.84. The number of anilines is 1. The van der Waals surface area contributed by atoms with E-state index in [0.29, 0.717) is 0 Å². The Kier molecular flexibility index (Phi) is 3.60. The Balaban J connectivity index is 1.70. The average Bonchev–Trinajstić information content (AvgIpc) is 3.08. The van der Waals surface area contributed by atoms with Gasteiger partial charge in [-0.15, -0.1) is 0 Å². The van der Waals surface area contributed by atoms with Crippen molar-refractivity contribution < 1.29 is 4.74 Å². The Hall–Kier alpha value is -2.02. The van der Waals surface area contributed by atoms with E-state index < -0.39 is 0 Å². The van der Waals surface area contributed by atoms with Crippen molar-refractivity contribution in [2.24, 2.45) is 0 Å². The maximum Gasteiger partial charge on any atom is 0.137 e. The van der Waals surface area contributed by atoms with E-state index in [2.05, 4.69) is 30.0 Å². The van der Waals surface area contributed by atoms with Gasteiger partial charge >= 0.3 is 0 Å². The average molecular weight is 274 g/mol. The highest BCUT2D eigenvalue weighted by molar-refractivity contribution is 5.36. The van der Waals surface area contributed by atoms with Crippen LogP contribution < -0.4 is 4.90 Å². The molecule has 1 saturated heterocycles. The molecule has 0 spiro atoms. The zero-order valence-corrected chi connectivity index (χ0v) is 11.7. The van der Waals surface area contributed by atoms with Crippen molar-refractivity contribution in [3.63, 3.8) is 0 Å². The SMILES string of the molecule is Cc1nccc(N(C)C[C@H]2OCC[C@H]2c2ncn[nH]2)n1. The number of ether oxygens (including phenoxy) is 1. The first-order valence-electron chi connectivity index (χ1n) is 6.71. The summed E-state index contributed by atoms with van der Waals surface area (Å²) in [6, 6.07) is 1.91. The van der Waals surface area contributed by atoms with Crippen LogP contribution in [-0.2, 0) is 4.74 Å². The summed E-state index contributed by atoms with van der Waals surface area (Å²) in [6.45, 7) is 3.41. The van der Waals surface area contributed by atoms with Crippen LogP contribution in [0.25, 0.3) is 0 Å². The fourth-order valence-electron chi connectivity index (χ4n) is 2.55. The van der Waals surface area contributed by atoms with Crippen molar-refractivity contribution in [1.29, 1.82) is 0 Å².